The van der Waals surface area contributed by atoms with Gasteiger partial charge in [-0.25, -0.2) is 0 Å². The predicted octanol–water partition coefficient (Wildman–Crippen LogP) is 1.59. The monoisotopic (exact) mass is 223 g/mol. The van der Waals surface area contributed by atoms with Crippen LogP contribution in [0.25, 0.3) is 0 Å². The summed E-state index contributed by atoms with van der Waals surface area (Å²) in [7, 11) is 0. The van der Waals surface area contributed by atoms with Crippen LogP contribution >= 0.6 is 0 Å². The lowest BCUT2D eigenvalue weighted by Gasteiger charge is -2.08. The Balaban J connectivity index is 1.72. The summed E-state index contributed by atoms with van der Waals surface area (Å²) in [5.41, 5.74) is 1.26. The molecule has 1 unspecified atom stereocenters. The van der Waals surface area contributed by atoms with Crippen molar-refractivity contribution in [3.05, 3.63) is 18.0 Å². The summed E-state index contributed by atoms with van der Waals surface area (Å²) in [6.45, 7) is 8.08. The van der Waals surface area contributed by atoms with Gasteiger partial charge in [0, 0.05) is 37.5 Å². The third-order valence-corrected chi connectivity index (χ3v) is 2.97. The molecule has 1 aromatic rings. The fourth-order valence-corrected chi connectivity index (χ4v) is 1.92. The number of aromatic nitrogens is 2. The summed E-state index contributed by atoms with van der Waals surface area (Å²) in [6.07, 6.45) is 5.25. The fourth-order valence-electron chi connectivity index (χ4n) is 1.92. The zero-order valence-electron chi connectivity index (χ0n) is 10.1. The second-order valence-electron chi connectivity index (χ2n) is 4.78. The van der Waals surface area contributed by atoms with E-state index in [2.05, 4.69) is 30.5 Å². The van der Waals surface area contributed by atoms with E-state index in [0.29, 0.717) is 12.0 Å². The van der Waals surface area contributed by atoms with Crippen LogP contribution in [0.1, 0.15) is 31.9 Å². The molecule has 0 bridgehead atoms. The fraction of sp³-hybridized carbons (Fsp3) is 0.750. The van der Waals surface area contributed by atoms with E-state index in [1.54, 1.807) is 0 Å². The molecule has 4 nitrogen and oxygen atoms in total. The average molecular weight is 223 g/mol. The lowest BCUT2D eigenvalue weighted by atomic mass is 10.1. The Morgan fingerprint density at radius 1 is 1.62 bits per heavy atom. The Bertz CT molecular complexity index is 316. The number of rotatable bonds is 5. The maximum absolute atomic E-state index is 5.34. The molecule has 0 saturated carbocycles. The first-order valence-corrected chi connectivity index (χ1v) is 6.07. The molecule has 0 spiro atoms. The van der Waals surface area contributed by atoms with Crippen molar-refractivity contribution < 1.29 is 4.74 Å². The van der Waals surface area contributed by atoms with Crippen LogP contribution in [0.4, 0.5) is 0 Å². The van der Waals surface area contributed by atoms with E-state index < -0.39 is 0 Å². The first kappa shape index (κ1) is 11.6. The van der Waals surface area contributed by atoms with Gasteiger partial charge in [0.25, 0.3) is 0 Å². The van der Waals surface area contributed by atoms with Crippen molar-refractivity contribution in [1.29, 1.82) is 0 Å². The third kappa shape index (κ3) is 3.06. The summed E-state index contributed by atoms with van der Waals surface area (Å²) in [5.74, 6) is 0.695. The van der Waals surface area contributed by atoms with E-state index in [9.17, 15) is 0 Å². The normalized spacial score (nSPS) is 20.8. The predicted molar refractivity (Wildman–Crippen MR) is 63.2 cm³/mol. The zero-order chi connectivity index (χ0) is 11.4. The highest BCUT2D eigenvalue weighted by Gasteiger charge is 2.14. The van der Waals surface area contributed by atoms with Gasteiger partial charge in [0.2, 0.25) is 0 Å². The van der Waals surface area contributed by atoms with Crippen molar-refractivity contribution in [3.63, 3.8) is 0 Å². The molecule has 90 valence electrons. The molecule has 4 heteroatoms. The van der Waals surface area contributed by atoms with E-state index in [-0.39, 0.29) is 0 Å². The van der Waals surface area contributed by atoms with Crippen LogP contribution in [0, 0.1) is 5.92 Å². The van der Waals surface area contributed by atoms with Crippen molar-refractivity contribution in [1.82, 2.24) is 15.1 Å². The van der Waals surface area contributed by atoms with E-state index >= 15 is 0 Å². The Labute approximate surface area is 97.0 Å². The maximum atomic E-state index is 5.34. The summed E-state index contributed by atoms with van der Waals surface area (Å²) in [6, 6.07) is 0.442. The number of ether oxygens (including phenoxy) is 1. The standard InChI is InChI=1S/C12H21N3O/c1-10(2)15-8-12(7-14-15)6-13-5-11-3-4-16-9-11/h7-8,10-11,13H,3-6,9H2,1-2H3. The highest BCUT2D eigenvalue weighted by atomic mass is 16.5. The van der Waals surface area contributed by atoms with Gasteiger partial charge in [-0.15, -0.1) is 0 Å². The average Bonchev–Trinajstić information content (AvgIpc) is 2.87. The topological polar surface area (TPSA) is 39.1 Å². The van der Waals surface area contributed by atoms with Crippen LogP contribution < -0.4 is 5.32 Å². The molecular formula is C12H21N3O. The van der Waals surface area contributed by atoms with Gasteiger partial charge in [0.1, 0.15) is 0 Å². The van der Waals surface area contributed by atoms with Crippen LogP contribution in [0.2, 0.25) is 0 Å². The highest BCUT2D eigenvalue weighted by molar-refractivity contribution is 5.03. The SMILES string of the molecule is CC(C)n1cc(CNCC2CCOC2)cn1. The van der Waals surface area contributed by atoms with Crippen LogP contribution in [-0.4, -0.2) is 29.5 Å². The second-order valence-corrected chi connectivity index (χ2v) is 4.78. The van der Waals surface area contributed by atoms with Crippen LogP contribution in [-0.2, 0) is 11.3 Å². The molecule has 0 radical (unpaired) electrons. The Morgan fingerprint density at radius 3 is 3.12 bits per heavy atom. The second kappa shape index (κ2) is 5.46. The van der Waals surface area contributed by atoms with Gasteiger partial charge in [0.05, 0.1) is 12.8 Å². The molecule has 1 N–H and O–H groups in total. The molecule has 1 aromatic heterocycles. The minimum absolute atomic E-state index is 0.442. The van der Waals surface area contributed by atoms with Crippen molar-refractivity contribution >= 4 is 0 Å². The number of nitrogens with one attached hydrogen (secondary N) is 1. The van der Waals surface area contributed by atoms with Gasteiger partial charge in [-0.1, -0.05) is 0 Å². The van der Waals surface area contributed by atoms with E-state index in [0.717, 1.165) is 26.3 Å². The Hall–Kier alpha value is -0.870. The van der Waals surface area contributed by atoms with Crippen molar-refractivity contribution in [2.75, 3.05) is 19.8 Å². The van der Waals surface area contributed by atoms with Gasteiger partial charge in [-0.05, 0) is 26.2 Å². The van der Waals surface area contributed by atoms with Gasteiger partial charge in [-0.3, -0.25) is 4.68 Å². The minimum Gasteiger partial charge on any atom is -0.381 e. The molecule has 16 heavy (non-hydrogen) atoms. The summed E-state index contributed by atoms with van der Waals surface area (Å²) in [4.78, 5) is 0. The first-order chi connectivity index (χ1) is 7.75. The third-order valence-electron chi connectivity index (χ3n) is 2.97. The molecule has 2 heterocycles. The molecule has 1 saturated heterocycles. The first-order valence-electron chi connectivity index (χ1n) is 6.07. The van der Waals surface area contributed by atoms with Crippen LogP contribution in [0.5, 0.6) is 0 Å². The molecule has 1 atom stereocenters. The summed E-state index contributed by atoms with van der Waals surface area (Å²) < 4.78 is 7.33. The minimum atomic E-state index is 0.442. The van der Waals surface area contributed by atoms with Gasteiger partial charge < -0.3 is 10.1 Å². The van der Waals surface area contributed by atoms with Crippen molar-refractivity contribution in [2.45, 2.75) is 32.9 Å². The Morgan fingerprint density at radius 2 is 2.50 bits per heavy atom. The molecule has 1 fully saturated rings. The highest BCUT2D eigenvalue weighted by Crippen LogP contribution is 2.11. The summed E-state index contributed by atoms with van der Waals surface area (Å²) >= 11 is 0. The van der Waals surface area contributed by atoms with Crippen LogP contribution in [0.3, 0.4) is 0 Å². The van der Waals surface area contributed by atoms with E-state index in [1.807, 2.05) is 10.9 Å². The van der Waals surface area contributed by atoms with Crippen molar-refractivity contribution in [3.8, 4) is 0 Å². The molecule has 0 amide bonds. The molecule has 0 aliphatic carbocycles. The number of hydrogen-bond acceptors (Lipinski definition) is 3. The molecule has 1 aliphatic heterocycles. The zero-order valence-corrected chi connectivity index (χ0v) is 10.1. The van der Waals surface area contributed by atoms with Gasteiger partial charge in [-0.2, -0.15) is 5.10 Å². The van der Waals surface area contributed by atoms with Gasteiger partial charge in [0.15, 0.2) is 0 Å². The molecule has 0 aromatic carbocycles. The van der Waals surface area contributed by atoms with E-state index in [1.165, 1.54) is 12.0 Å². The molecular weight excluding hydrogens is 202 g/mol. The number of hydrogen-bond donors (Lipinski definition) is 1. The lowest BCUT2D eigenvalue weighted by molar-refractivity contribution is 0.185. The smallest absolute Gasteiger partial charge is 0.0534 e. The summed E-state index contributed by atoms with van der Waals surface area (Å²) in [5, 5.41) is 7.78. The quantitative estimate of drug-likeness (QED) is 0.824. The Kier molecular flexibility index (Phi) is 3.96. The van der Waals surface area contributed by atoms with E-state index in [4.69, 9.17) is 4.74 Å². The molecule has 2 rings (SSSR count). The van der Waals surface area contributed by atoms with Crippen LogP contribution in [0.15, 0.2) is 12.4 Å². The molecule has 1 aliphatic rings. The lowest BCUT2D eigenvalue weighted by Crippen LogP contribution is -2.22. The number of nitrogens with zero attached hydrogens (tertiary/aromatic N) is 2. The van der Waals surface area contributed by atoms with Crippen molar-refractivity contribution in [2.24, 2.45) is 5.92 Å². The van der Waals surface area contributed by atoms with Gasteiger partial charge >= 0.3 is 0 Å². The largest absolute Gasteiger partial charge is 0.381 e. The maximum Gasteiger partial charge on any atom is 0.0534 e.